The molecule has 1 aliphatic heterocycles. The molecule has 0 N–H and O–H groups in total. The first-order valence-corrected chi connectivity index (χ1v) is 13.9. The number of rotatable bonds is 8. The zero-order chi connectivity index (χ0) is 33.1. The van der Waals surface area contributed by atoms with E-state index < -0.39 is 41.5 Å². The molecular weight excluding hydrogens is 604 g/mol. The van der Waals surface area contributed by atoms with Crippen LogP contribution in [-0.4, -0.2) is 43.7 Å². The fraction of sp³-hybridized carbons (Fsp3) is 0.242. The number of hydrogen-bond donors (Lipinski definition) is 0. The van der Waals surface area contributed by atoms with Crippen LogP contribution in [-0.2, 0) is 23.9 Å². The molecule has 0 saturated carbocycles. The molecule has 1 aromatic heterocycles. The molecule has 0 amide bonds. The predicted octanol–water partition coefficient (Wildman–Crippen LogP) is 4.69. The number of carbonyl (C=O) groups is 4. The van der Waals surface area contributed by atoms with Gasteiger partial charge in [-0.1, -0.05) is 6.07 Å². The van der Waals surface area contributed by atoms with Crippen molar-refractivity contribution in [3.8, 4) is 45.8 Å². The van der Waals surface area contributed by atoms with Gasteiger partial charge in [-0.2, -0.15) is 0 Å². The molecule has 13 nitrogen and oxygen atoms in total. The van der Waals surface area contributed by atoms with E-state index in [0.717, 1.165) is 0 Å². The van der Waals surface area contributed by atoms with Gasteiger partial charge >= 0.3 is 23.9 Å². The second kappa shape index (κ2) is 13.0. The fourth-order valence-corrected chi connectivity index (χ4v) is 4.82. The van der Waals surface area contributed by atoms with Gasteiger partial charge in [0.2, 0.25) is 0 Å². The van der Waals surface area contributed by atoms with E-state index in [0.29, 0.717) is 16.9 Å². The van der Waals surface area contributed by atoms with Crippen molar-refractivity contribution in [2.75, 3.05) is 13.7 Å². The highest BCUT2D eigenvalue weighted by molar-refractivity contribution is 5.89. The number of esters is 4. The fourth-order valence-electron chi connectivity index (χ4n) is 4.82. The standard InChI is InChI=1S/C33H28O13/c1-16(34)40-15-31-33(21-7-9-24(42-18(3)36)27(11-21)39-5)46-25-8-6-20(10-28(25)45-31)26-14-23(38)32-29(43-19(4)37)12-22(41-17(2)35)13-30(32)44-26/h6-14,31,33H,15H2,1-5H3/t31-,33-/m0/s1. The summed E-state index contributed by atoms with van der Waals surface area (Å²) in [5.41, 5.74) is 0.500. The molecule has 46 heavy (non-hydrogen) atoms. The van der Waals surface area contributed by atoms with Crippen LogP contribution >= 0.6 is 0 Å². The Morgan fingerprint density at radius 3 is 2.11 bits per heavy atom. The van der Waals surface area contributed by atoms with E-state index in [9.17, 15) is 24.0 Å². The Labute approximate surface area is 261 Å². The van der Waals surface area contributed by atoms with Crippen molar-refractivity contribution < 1.29 is 56.8 Å². The average molecular weight is 633 g/mol. The SMILES string of the molecule is COc1cc([C@@H]2Oc3ccc(-c4cc(=O)c5c(OC(C)=O)cc(OC(C)=O)cc5o4)cc3O[C@H]2COC(C)=O)ccc1OC(C)=O. The van der Waals surface area contributed by atoms with Gasteiger partial charge in [0, 0.05) is 57.0 Å². The van der Waals surface area contributed by atoms with Crippen LogP contribution in [0.3, 0.4) is 0 Å². The lowest BCUT2D eigenvalue weighted by molar-refractivity contribution is -0.146. The molecule has 238 valence electrons. The summed E-state index contributed by atoms with van der Waals surface area (Å²) in [6, 6.07) is 13.5. The summed E-state index contributed by atoms with van der Waals surface area (Å²) in [5.74, 6) is -1.23. The van der Waals surface area contributed by atoms with E-state index >= 15 is 0 Å². The van der Waals surface area contributed by atoms with E-state index in [1.54, 1.807) is 36.4 Å². The first-order chi connectivity index (χ1) is 21.9. The maximum atomic E-state index is 13.2. The third kappa shape index (κ3) is 6.93. The maximum absolute atomic E-state index is 13.2. The van der Waals surface area contributed by atoms with Crippen LogP contribution in [0, 0.1) is 0 Å². The van der Waals surface area contributed by atoms with E-state index in [-0.39, 0.29) is 52.1 Å². The summed E-state index contributed by atoms with van der Waals surface area (Å²) < 4.78 is 44.8. The van der Waals surface area contributed by atoms with Gasteiger partial charge in [-0.25, -0.2) is 0 Å². The van der Waals surface area contributed by atoms with Crippen LogP contribution in [0.1, 0.15) is 39.4 Å². The van der Waals surface area contributed by atoms with Crippen LogP contribution in [0.4, 0.5) is 0 Å². The Morgan fingerprint density at radius 1 is 0.717 bits per heavy atom. The van der Waals surface area contributed by atoms with Gasteiger partial charge in [0.15, 0.2) is 40.6 Å². The minimum Gasteiger partial charge on any atom is -0.493 e. The van der Waals surface area contributed by atoms with Crippen LogP contribution in [0.2, 0.25) is 0 Å². The van der Waals surface area contributed by atoms with Crippen LogP contribution in [0.5, 0.6) is 34.5 Å². The van der Waals surface area contributed by atoms with Gasteiger partial charge in [-0.3, -0.25) is 24.0 Å². The van der Waals surface area contributed by atoms with Crippen LogP contribution < -0.4 is 33.8 Å². The maximum Gasteiger partial charge on any atom is 0.308 e. The molecule has 13 heteroatoms. The van der Waals surface area contributed by atoms with Crippen molar-refractivity contribution in [1.29, 1.82) is 0 Å². The number of methoxy groups -OCH3 is 1. The predicted molar refractivity (Wildman–Crippen MR) is 159 cm³/mol. The van der Waals surface area contributed by atoms with Gasteiger partial charge in [-0.15, -0.1) is 0 Å². The summed E-state index contributed by atoms with van der Waals surface area (Å²) >= 11 is 0. The second-order valence-electron chi connectivity index (χ2n) is 10.1. The van der Waals surface area contributed by atoms with Crippen molar-refractivity contribution in [2.45, 2.75) is 39.9 Å². The highest BCUT2D eigenvalue weighted by atomic mass is 16.6. The van der Waals surface area contributed by atoms with Crippen molar-refractivity contribution in [1.82, 2.24) is 0 Å². The van der Waals surface area contributed by atoms with Crippen molar-refractivity contribution in [3.63, 3.8) is 0 Å². The van der Waals surface area contributed by atoms with Crippen molar-refractivity contribution >= 4 is 34.8 Å². The zero-order valence-electron chi connectivity index (χ0n) is 25.4. The molecule has 5 rings (SSSR count). The smallest absolute Gasteiger partial charge is 0.308 e. The normalized spacial score (nSPS) is 15.1. The van der Waals surface area contributed by atoms with Crippen LogP contribution in [0.25, 0.3) is 22.3 Å². The van der Waals surface area contributed by atoms with E-state index in [2.05, 4.69) is 0 Å². The first kappa shape index (κ1) is 31.6. The molecule has 1 aliphatic rings. The molecular formula is C33H28O13. The number of fused-ring (bicyclic) bond motifs is 2. The molecule has 4 aromatic rings. The Hall–Kier alpha value is -5.85. The van der Waals surface area contributed by atoms with Gasteiger partial charge in [0.05, 0.1) is 7.11 Å². The summed E-state index contributed by atoms with van der Waals surface area (Å²) in [6.07, 6.45) is -1.59. The monoisotopic (exact) mass is 632 g/mol. The van der Waals surface area contributed by atoms with Crippen molar-refractivity contribution in [3.05, 3.63) is 70.4 Å². The summed E-state index contributed by atoms with van der Waals surface area (Å²) in [6.45, 7) is 4.74. The Balaban J connectivity index is 1.53. The lowest BCUT2D eigenvalue weighted by Crippen LogP contribution is -2.37. The molecule has 3 aromatic carbocycles. The average Bonchev–Trinajstić information content (AvgIpc) is 2.98. The molecule has 0 unspecified atom stereocenters. The van der Waals surface area contributed by atoms with E-state index in [4.69, 9.17) is 37.6 Å². The molecule has 2 heterocycles. The highest BCUT2D eigenvalue weighted by Crippen LogP contribution is 2.43. The van der Waals surface area contributed by atoms with E-state index in [1.165, 1.54) is 53.0 Å². The molecule has 0 bridgehead atoms. The Kier molecular flexibility index (Phi) is 8.94. The number of hydrogen-bond acceptors (Lipinski definition) is 13. The van der Waals surface area contributed by atoms with Gasteiger partial charge in [-0.05, 0) is 30.3 Å². The summed E-state index contributed by atoms with van der Waals surface area (Å²) in [5, 5.41) is -0.0215. The summed E-state index contributed by atoms with van der Waals surface area (Å²) in [4.78, 5) is 59.7. The molecule has 0 radical (unpaired) electrons. The third-order valence-electron chi connectivity index (χ3n) is 6.60. The molecule has 0 saturated heterocycles. The lowest BCUT2D eigenvalue weighted by Gasteiger charge is -2.34. The lowest BCUT2D eigenvalue weighted by atomic mass is 10.0. The third-order valence-corrected chi connectivity index (χ3v) is 6.60. The largest absolute Gasteiger partial charge is 0.493 e. The van der Waals surface area contributed by atoms with Gasteiger partial charge in [0.1, 0.15) is 34.8 Å². The van der Waals surface area contributed by atoms with Gasteiger partial charge in [0.25, 0.3) is 0 Å². The number of ether oxygens (including phenoxy) is 7. The van der Waals surface area contributed by atoms with Crippen LogP contribution in [0.15, 0.2) is 63.8 Å². The van der Waals surface area contributed by atoms with Crippen molar-refractivity contribution in [2.24, 2.45) is 0 Å². The topological polar surface area (TPSA) is 163 Å². The summed E-state index contributed by atoms with van der Waals surface area (Å²) in [7, 11) is 1.43. The molecule has 0 spiro atoms. The zero-order valence-corrected chi connectivity index (χ0v) is 25.4. The molecule has 2 atom stereocenters. The molecule has 0 fully saturated rings. The second-order valence-corrected chi connectivity index (χ2v) is 10.1. The minimum atomic E-state index is -0.822. The first-order valence-electron chi connectivity index (χ1n) is 13.9. The minimum absolute atomic E-state index is 0.00587. The molecule has 0 aliphatic carbocycles. The van der Waals surface area contributed by atoms with E-state index in [1.807, 2.05) is 0 Å². The Morgan fingerprint density at radius 2 is 1.43 bits per heavy atom. The number of benzene rings is 3. The van der Waals surface area contributed by atoms with Gasteiger partial charge < -0.3 is 37.6 Å². The number of carbonyl (C=O) groups excluding carboxylic acids is 4. The quantitative estimate of drug-likeness (QED) is 0.194. The highest BCUT2D eigenvalue weighted by Gasteiger charge is 2.35. The Bertz CT molecular complexity index is 1920.